The number of piperidine rings is 3. The maximum absolute atomic E-state index is 12.7. The van der Waals surface area contributed by atoms with Crippen molar-refractivity contribution in [2.45, 2.75) is 70.5 Å². The standard InChI is InChI=1S/C19H31N3O/c1-13(2)20-19(23)22-9-5-6-14-10-15-11-16(18(14)22)12-21-8-4-3-7-17(15)21/h10,13,15-18H,3-9,11-12H2,1-2H3,(H,20,23). The van der Waals surface area contributed by atoms with Crippen LogP contribution in [0.4, 0.5) is 4.79 Å². The molecular weight excluding hydrogens is 286 g/mol. The zero-order valence-electron chi connectivity index (χ0n) is 14.6. The average Bonchev–Trinajstić information content (AvgIpc) is 2.54. The number of hydrogen-bond acceptors (Lipinski definition) is 2. The van der Waals surface area contributed by atoms with Crippen molar-refractivity contribution in [2.24, 2.45) is 11.8 Å². The van der Waals surface area contributed by atoms with E-state index < -0.39 is 0 Å². The van der Waals surface area contributed by atoms with Gasteiger partial charge in [-0.15, -0.1) is 0 Å². The van der Waals surface area contributed by atoms with Gasteiger partial charge in [-0.1, -0.05) is 18.1 Å². The number of nitrogens with one attached hydrogen (secondary N) is 1. The number of urea groups is 1. The first kappa shape index (κ1) is 15.5. The van der Waals surface area contributed by atoms with E-state index in [4.69, 9.17) is 0 Å². The Bertz CT molecular complexity index is 501. The molecule has 4 unspecified atom stereocenters. The first-order valence-electron chi connectivity index (χ1n) is 9.65. The summed E-state index contributed by atoms with van der Waals surface area (Å²) in [6, 6.07) is 1.51. The Kier molecular flexibility index (Phi) is 4.12. The number of likely N-dealkylation sites (tertiary alicyclic amines) is 1. The molecular formula is C19H31N3O. The van der Waals surface area contributed by atoms with E-state index in [1.165, 1.54) is 45.2 Å². The predicted octanol–water partition coefficient (Wildman–Crippen LogP) is 3.00. The van der Waals surface area contributed by atoms with Gasteiger partial charge < -0.3 is 10.2 Å². The highest BCUT2D eigenvalue weighted by Gasteiger charge is 2.46. The van der Waals surface area contributed by atoms with Crippen molar-refractivity contribution >= 4 is 6.03 Å². The molecule has 0 spiro atoms. The Morgan fingerprint density at radius 1 is 1.26 bits per heavy atom. The van der Waals surface area contributed by atoms with Gasteiger partial charge in [-0.25, -0.2) is 4.79 Å². The summed E-state index contributed by atoms with van der Waals surface area (Å²) in [6.07, 6.45) is 10.3. The number of carbonyl (C=O) groups excluding carboxylic acids is 1. The van der Waals surface area contributed by atoms with Gasteiger partial charge in [-0.2, -0.15) is 0 Å². The Hall–Kier alpha value is -1.03. The smallest absolute Gasteiger partial charge is 0.318 e. The molecule has 3 fully saturated rings. The predicted molar refractivity (Wildman–Crippen MR) is 92.3 cm³/mol. The lowest BCUT2D eigenvalue weighted by Crippen LogP contribution is -2.61. The average molecular weight is 317 g/mol. The third-order valence-corrected chi connectivity index (χ3v) is 6.33. The molecule has 4 nitrogen and oxygen atoms in total. The Morgan fingerprint density at radius 2 is 2.13 bits per heavy atom. The molecule has 0 radical (unpaired) electrons. The molecule has 3 saturated heterocycles. The van der Waals surface area contributed by atoms with Gasteiger partial charge >= 0.3 is 6.03 Å². The van der Waals surface area contributed by atoms with E-state index in [1.54, 1.807) is 5.57 Å². The van der Waals surface area contributed by atoms with E-state index >= 15 is 0 Å². The SMILES string of the molecule is CC(C)NC(=O)N1CCCC2=CC3CC(CN4CCCCC34)C21. The fraction of sp³-hybridized carbons (Fsp3) is 0.842. The maximum atomic E-state index is 12.7. The number of nitrogens with zero attached hydrogens (tertiary/aromatic N) is 2. The minimum atomic E-state index is 0.148. The largest absolute Gasteiger partial charge is 0.336 e. The van der Waals surface area contributed by atoms with E-state index in [1.807, 2.05) is 0 Å². The van der Waals surface area contributed by atoms with E-state index in [-0.39, 0.29) is 12.1 Å². The second-order valence-corrected chi connectivity index (χ2v) is 8.31. The van der Waals surface area contributed by atoms with Gasteiger partial charge in [0.15, 0.2) is 0 Å². The van der Waals surface area contributed by atoms with Crippen LogP contribution in [-0.4, -0.2) is 53.6 Å². The number of fused-ring (bicyclic) bond motifs is 6. The van der Waals surface area contributed by atoms with Gasteiger partial charge in [0.2, 0.25) is 0 Å². The summed E-state index contributed by atoms with van der Waals surface area (Å²) < 4.78 is 0. The minimum Gasteiger partial charge on any atom is -0.336 e. The summed E-state index contributed by atoms with van der Waals surface area (Å²) in [5, 5.41) is 3.12. The van der Waals surface area contributed by atoms with Gasteiger partial charge in [-0.05, 0) is 64.3 Å². The number of rotatable bonds is 1. The second-order valence-electron chi connectivity index (χ2n) is 8.31. The lowest BCUT2D eigenvalue weighted by atomic mass is 9.68. The first-order chi connectivity index (χ1) is 11.1. The summed E-state index contributed by atoms with van der Waals surface area (Å²) >= 11 is 0. The molecule has 4 atom stereocenters. The lowest BCUT2D eigenvalue weighted by molar-refractivity contribution is 0.00776. The summed E-state index contributed by atoms with van der Waals surface area (Å²) in [7, 11) is 0. The van der Waals surface area contributed by atoms with Crippen molar-refractivity contribution < 1.29 is 4.79 Å². The Balaban J connectivity index is 1.59. The fourth-order valence-corrected chi connectivity index (χ4v) is 5.53. The quantitative estimate of drug-likeness (QED) is 0.755. The van der Waals surface area contributed by atoms with Crippen molar-refractivity contribution in [1.29, 1.82) is 0 Å². The zero-order valence-corrected chi connectivity index (χ0v) is 14.6. The van der Waals surface area contributed by atoms with Crippen molar-refractivity contribution in [1.82, 2.24) is 15.1 Å². The summed E-state index contributed by atoms with van der Waals surface area (Å²) in [5.74, 6) is 1.39. The van der Waals surface area contributed by atoms with E-state index in [0.717, 1.165) is 24.9 Å². The monoisotopic (exact) mass is 317 g/mol. The van der Waals surface area contributed by atoms with Crippen LogP contribution < -0.4 is 5.32 Å². The summed E-state index contributed by atoms with van der Waals surface area (Å²) in [4.78, 5) is 17.6. The van der Waals surface area contributed by atoms with Crippen molar-refractivity contribution in [3.05, 3.63) is 11.6 Å². The van der Waals surface area contributed by atoms with Gasteiger partial charge in [-0.3, -0.25) is 4.90 Å². The zero-order chi connectivity index (χ0) is 16.0. The van der Waals surface area contributed by atoms with E-state index in [9.17, 15) is 4.79 Å². The minimum absolute atomic E-state index is 0.148. The first-order valence-corrected chi connectivity index (χ1v) is 9.65. The lowest BCUT2D eigenvalue weighted by Gasteiger charge is -2.54. The number of amides is 2. The van der Waals surface area contributed by atoms with Gasteiger partial charge in [0, 0.05) is 25.2 Å². The molecule has 0 saturated carbocycles. The molecule has 4 aliphatic rings. The molecule has 2 bridgehead atoms. The highest BCUT2D eigenvalue weighted by molar-refractivity contribution is 5.75. The molecule has 1 aliphatic carbocycles. The van der Waals surface area contributed by atoms with Gasteiger partial charge in [0.25, 0.3) is 0 Å². The van der Waals surface area contributed by atoms with Crippen LogP contribution in [0, 0.1) is 11.8 Å². The highest BCUT2D eigenvalue weighted by atomic mass is 16.2. The van der Waals surface area contributed by atoms with E-state index in [2.05, 4.69) is 35.0 Å². The Morgan fingerprint density at radius 3 is 2.96 bits per heavy atom. The van der Waals surface area contributed by atoms with Crippen LogP contribution in [-0.2, 0) is 0 Å². The number of carbonyl (C=O) groups is 1. The Labute approximate surface area is 140 Å². The van der Waals surface area contributed by atoms with Crippen LogP contribution in [0.15, 0.2) is 11.6 Å². The topological polar surface area (TPSA) is 35.6 Å². The van der Waals surface area contributed by atoms with Crippen LogP contribution in [0.2, 0.25) is 0 Å². The van der Waals surface area contributed by atoms with Crippen LogP contribution >= 0.6 is 0 Å². The van der Waals surface area contributed by atoms with Crippen LogP contribution in [0.25, 0.3) is 0 Å². The molecule has 3 heterocycles. The molecule has 23 heavy (non-hydrogen) atoms. The van der Waals surface area contributed by atoms with Gasteiger partial charge in [0.05, 0.1) is 6.04 Å². The maximum Gasteiger partial charge on any atom is 0.318 e. The van der Waals surface area contributed by atoms with Gasteiger partial charge in [0.1, 0.15) is 0 Å². The molecule has 128 valence electrons. The number of hydrogen-bond donors (Lipinski definition) is 1. The molecule has 2 amide bonds. The highest BCUT2D eigenvalue weighted by Crippen LogP contribution is 2.44. The molecule has 1 N–H and O–H groups in total. The third kappa shape index (κ3) is 2.79. The summed E-state index contributed by atoms with van der Waals surface area (Å²) in [5.41, 5.74) is 1.57. The molecule has 0 aromatic heterocycles. The van der Waals surface area contributed by atoms with Crippen molar-refractivity contribution in [3.8, 4) is 0 Å². The summed E-state index contributed by atoms with van der Waals surface area (Å²) in [6.45, 7) is 7.49. The molecule has 4 heteroatoms. The second kappa shape index (κ2) is 6.12. The van der Waals surface area contributed by atoms with Crippen LogP contribution in [0.3, 0.4) is 0 Å². The molecule has 0 aromatic carbocycles. The molecule has 3 aliphatic heterocycles. The fourth-order valence-electron chi connectivity index (χ4n) is 5.53. The third-order valence-electron chi connectivity index (χ3n) is 6.33. The van der Waals surface area contributed by atoms with E-state index in [0.29, 0.717) is 12.0 Å². The van der Waals surface area contributed by atoms with Crippen LogP contribution in [0.1, 0.15) is 52.4 Å². The van der Waals surface area contributed by atoms with Crippen molar-refractivity contribution in [3.63, 3.8) is 0 Å². The normalized spacial score (nSPS) is 37.0. The molecule has 0 aromatic rings. The molecule has 4 rings (SSSR count). The van der Waals surface area contributed by atoms with Crippen LogP contribution in [0.5, 0.6) is 0 Å². The van der Waals surface area contributed by atoms with Crippen molar-refractivity contribution in [2.75, 3.05) is 19.6 Å².